The van der Waals surface area contributed by atoms with Gasteiger partial charge in [0.15, 0.2) is 0 Å². The lowest BCUT2D eigenvalue weighted by molar-refractivity contribution is -0.183. The highest BCUT2D eigenvalue weighted by Gasteiger charge is 2.64. The monoisotopic (exact) mass is 569 g/mol. The summed E-state index contributed by atoms with van der Waals surface area (Å²) in [5.74, 6) is -1.21. The van der Waals surface area contributed by atoms with Crippen molar-refractivity contribution >= 4 is 41.1 Å². The maximum atomic E-state index is 14.8. The first-order valence-electron chi connectivity index (χ1n) is 12.4. The second-order valence-corrected chi connectivity index (χ2v) is 10.1. The van der Waals surface area contributed by atoms with Crippen LogP contribution in [0.2, 0.25) is 5.02 Å². The zero-order valence-electron chi connectivity index (χ0n) is 21.3. The number of nitrogens with zero attached hydrogens (tertiary/aromatic N) is 5. The van der Waals surface area contributed by atoms with Gasteiger partial charge in [-0.3, -0.25) is 19.5 Å². The number of hydrogen-bond donors (Lipinski definition) is 1. The fraction of sp³-hybridized carbons (Fsp3) is 0.462. The van der Waals surface area contributed by atoms with Gasteiger partial charge in [0.25, 0.3) is 0 Å². The molecule has 2 fully saturated rings. The number of piperazine rings is 1. The molecule has 1 saturated heterocycles. The number of rotatable bonds is 7. The van der Waals surface area contributed by atoms with Gasteiger partial charge in [0.05, 0.1) is 27.3 Å². The summed E-state index contributed by atoms with van der Waals surface area (Å²) in [7, 11) is 1.48. The lowest BCUT2D eigenvalue weighted by Gasteiger charge is -2.37. The van der Waals surface area contributed by atoms with Crippen LogP contribution >= 0.6 is 11.6 Å². The minimum absolute atomic E-state index is 0.0785. The molecule has 4 rings (SSSR count). The van der Waals surface area contributed by atoms with E-state index in [1.807, 2.05) is 0 Å². The van der Waals surface area contributed by atoms with Crippen LogP contribution in [0.25, 0.3) is 5.57 Å². The molecule has 0 bridgehead atoms. The van der Waals surface area contributed by atoms with Crippen molar-refractivity contribution in [3.8, 4) is 0 Å². The van der Waals surface area contributed by atoms with Crippen LogP contribution in [0.15, 0.2) is 41.4 Å². The van der Waals surface area contributed by atoms with Crippen LogP contribution in [0.4, 0.5) is 23.4 Å². The Kier molecular flexibility index (Phi) is 8.06. The molecule has 0 atom stereocenters. The van der Waals surface area contributed by atoms with Crippen molar-refractivity contribution in [1.29, 1.82) is 0 Å². The average Bonchev–Trinajstić information content (AvgIpc) is 3.70. The maximum Gasteiger partial charge on any atom is 0.396 e. The highest BCUT2D eigenvalue weighted by molar-refractivity contribution is 6.33. The van der Waals surface area contributed by atoms with Gasteiger partial charge in [-0.2, -0.15) is 13.2 Å². The predicted octanol–water partition coefficient (Wildman–Crippen LogP) is 4.66. The number of anilines is 1. The second-order valence-electron chi connectivity index (χ2n) is 9.68. The largest absolute Gasteiger partial charge is 0.511 e. The zero-order chi connectivity index (χ0) is 28.5. The lowest BCUT2D eigenvalue weighted by atomic mass is 9.99. The van der Waals surface area contributed by atoms with E-state index in [9.17, 15) is 32.3 Å². The fourth-order valence-corrected chi connectivity index (χ4v) is 5.10. The molecule has 3 aliphatic rings. The van der Waals surface area contributed by atoms with Gasteiger partial charge in [-0.05, 0) is 37.5 Å². The molecular formula is C26H28ClF4N5O3. The van der Waals surface area contributed by atoms with Crippen molar-refractivity contribution in [2.45, 2.75) is 31.9 Å². The number of carbonyl (C=O) groups excluding carboxylic acids is 2. The summed E-state index contributed by atoms with van der Waals surface area (Å²) < 4.78 is 56.3. The third kappa shape index (κ3) is 5.52. The molecule has 8 nitrogen and oxygen atoms in total. The average molecular weight is 570 g/mol. The lowest BCUT2D eigenvalue weighted by Crippen LogP contribution is -2.50. The normalized spacial score (nSPS) is 19.5. The quantitative estimate of drug-likeness (QED) is 0.170. The van der Waals surface area contributed by atoms with Crippen LogP contribution in [0.1, 0.15) is 36.9 Å². The van der Waals surface area contributed by atoms with Crippen LogP contribution in [0, 0.1) is 5.41 Å². The molecule has 1 aromatic rings. The number of aliphatic hydroxyl groups is 1. The van der Waals surface area contributed by atoms with Crippen molar-refractivity contribution in [2.75, 3.05) is 44.7 Å². The highest BCUT2D eigenvalue weighted by Crippen LogP contribution is 2.58. The van der Waals surface area contributed by atoms with Crippen molar-refractivity contribution < 1.29 is 32.3 Å². The summed E-state index contributed by atoms with van der Waals surface area (Å²) in [6, 6.07) is 1.37. The molecule has 210 valence electrons. The van der Waals surface area contributed by atoms with Gasteiger partial charge in [0.2, 0.25) is 12.3 Å². The van der Waals surface area contributed by atoms with E-state index in [4.69, 9.17) is 11.6 Å². The van der Waals surface area contributed by atoms with Gasteiger partial charge < -0.3 is 14.9 Å². The van der Waals surface area contributed by atoms with Crippen LogP contribution in [-0.4, -0.2) is 84.0 Å². The molecule has 1 N–H and O–H groups in total. The smallest absolute Gasteiger partial charge is 0.396 e. The molecule has 0 aromatic carbocycles. The Balaban J connectivity index is 1.80. The van der Waals surface area contributed by atoms with Crippen molar-refractivity contribution in [3.63, 3.8) is 0 Å². The second kappa shape index (κ2) is 11.0. The number of alkyl halides is 3. The number of pyridine rings is 1. The molecule has 39 heavy (non-hydrogen) atoms. The number of allylic oxidation sites excluding steroid dienone is 4. The topological polar surface area (TPSA) is 89.3 Å². The molecule has 1 saturated carbocycles. The number of hydrogen-bond acceptors (Lipinski definition) is 5. The minimum atomic E-state index is -4.54. The number of halogens is 5. The van der Waals surface area contributed by atoms with E-state index in [-0.39, 0.29) is 71.4 Å². The fourth-order valence-electron chi connectivity index (χ4n) is 4.86. The Morgan fingerprint density at radius 2 is 1.92 bits per heavy atom. The van der Waals surface area contributed by atoms with Gasteiger partial charge in [0.1, 0.15) is 23.2 Å². The van der Waals surface area contributed by atoms with E-state index in [0.29, 0.717) is 32.0 Å². The van der Waals surface area contributed by atoms with E-state index < -0.39 is 24.0 Å². The number of carbonyl (C=O) groups is 2. The Hall–Kier alpha value is -3.41. The third-order valence-corrected chi connectivity index (χ3v) is 7.56. The predicted molar refractivity (Wildman–Crippen MR) is 139 cm³/mol. The van der Waals surface area contributed by atoms with Gasteiger partial charge in [0, 0.05) is 46.2 Å². The van der Waals surface area contributed by atoms with E-state index in [0.717, 1.165) is 4.90 Å². The van der Waals surface area contributed by atoms with Gasteiger partial charge in [-0.25, -0.2) is 9.37 Å². The Morgan fingerprint density at radius 1 is 1.28 bits per heavy atom. The number of aliphatic hydroxyl groups excluding tert-OH is 1. The van der Waals surface area contributed by atoms with Gasteiger partial charge in [-0.1, -0.05) is 18.2 Å². The van der Waals surface area contributed by atoms with E-state index in [1.54, 1.807) is 9.80 Å². The molecule has 0 spiro atoms. The molecule has 2 aliphatic carbocycles. The summed E-state index contributed by atoms with van der Waals surface area (Å²) in [6.45, 7) is 4.14. The Morgan fingerprint density at radius 3 is 2.44 bits per heavy atom. The van der Waals surface area contributed by atoms with Crippen molar-refractivity contribution in [2.24, 2.45) is 10.4 Å². The third-order valence-electron chi connectivity index (χ3n) is 7.27. The van der Waals surface area contributed by atoms with Crippen molar-refractivity contribution in [3.05, 3.63) is 52.7 Å². The number of amides is 2. The standard InChI is InChI=1S/C26H28ClF4N5O3/c1-3-20(39)34-9-11-35(12-10-34)23(32-2)16-13-17(27)22(21-18(28)5-4-6-19(21)38)33-24(16)36(15-37)14-25(7-8-25)26(29,30)31/h3,5,13,15,38H,1,4,6-12,14H2,2H3/b32-23+. The summed E-state index contributed by atoms with van der Waals surface area (Å²) in [6.07, 6.45) is -1.73. The number of amidine groups is 1. The zero-order valence-corrected chi connectivity index (χ0v) is 22.0. The van der Waals surface area contributed by atoms with E-state index in [1.165, 1.54) is 25.3 Å². The molecule has 2 amide bonds. The van der Waals surface area contributed by atoms with Gasteiger partial charge in [-0.15, -0.1) is 0 Å². The molecule has 0 radical (unpaired) electrons. The SMILES string of the molecule is C=CC(=O)N1CCN(/C(=N/C)c2cc(Cl)c(C3=C(O)CCC=C3F)nc2N(C=O)CC2(C(F)(F)F)CC2)CC1. The van der Waals surface area contributed by atoms with E-state index in [2.05, 4.69) is 16.6 Å². The highest BCUT2D eigenvalue weighted by atomic mass is 35.5. The molecule has 0 unspecified atom stereocenters. The Bertz CT molecular complexity index is 1260. The molecule has 13 heteroatoms. The Labute approximate surface area is 227 Å². The minimum Gasteiger partial charge on any atom is -0.511 e. The van der Waals surface area contributed by atoms with Crippen LogP contribution in [-0.2, 0) is 9.59 Å². The number of aliphatic imine (C=N–C) groups is 1. The van der Waals surface area contributed by atoms with Crippen LogP contribution in [0.3, 0.4) is 0 Å². The van der Waals surface area contributed by atoms with Crippen LogP contribution in [0.5, 0.6) is 0 Å². The first kappa shape index (κ1) is 28.6. The molecule has 1 aliphatic heterocycles. The summed E-state index contributed by atoms with van der Waals surface area (Å²) in [4.78, 5) is 37.2. The van der Waals surface area contributed by atoms with Crippen LogP contribution < -0.4 is 4.90 Å². The maximum absolute atomic E-state index is 14.8. The first-order valence-corrected chi connectivity index (χ1v) is 12.7. The molecule has 2 heterocycles. The molecular weight excluding hydrogens is 542 g/mol. The van der Waals surface area contributed by atoms with E-state index >= 15 is 0 Å². The van der Waals surface area contributed by atoms with Crippen molar-refractivity contribution in [1.82, 2.24) is 14.8 Å². The summed E-state index contributed by atoms with van der Waals surface area (Å²) >= 11 is 6.53. The molecule has 1 aromatic heterocycles. The van der Waals surface area contributed by atoms with Gasteiger partial charge >= 0.3 is 6.18 Å². The summed E-state index contributed by atoms with van der Waals surface area (Å²) in [5.41, 5.74) is -2.38. The first-order chi connectivity index (χ1) is 18.5. The summed E-state index contributed by atoms with van der Waals surface area (Å²) in [5, 5.41) is 10.3. The number of aromatic nitrogens is 1.